The second-order valence-corrected chi connectivity index (χ2v) is 7.22. The Morgan fingerprint density at radius 3 is 2.79 bits per heavy atom. The van der Waals surface area contributed by atoms with Crippen molar-refractivity contribution < 1.29 is 14.3 Å². The Kier molecular flexibility index (Phi) is 5.23. The highest BCUT2D eigenvalue weighted by Gasteiger charge is 2.18. The van der Waals surface area contributed by atoms with Crippen molar-refractivity contribution in [2.75, 3.05) is 26.1 Å². The third-order valence-corrected chi connectivity index (χ3v) is 5.24. The minimum atomic E-state index is -0.289. The maximum absolute atomic E-state index is 12.6. The van der Waals surface area contributed by atoms with Gasteiger partial charge in [0.25, 0.3) is 5.91 Å². The van der Waals surface area contributed by atoms with Crippen molar-refractivity contribution in [3.05, 3.63) is 36.5 Å². The molecule has 4 heterocycles. The van der Waals surface area contributed by atoms with E-state index in [1.807, 2.05) is 13.2 Å². The van der Waals surface area contributed by atoms with E-state index in [1.165, 1.54) is 24.6 Å². The van der Waals surface area contributed by atoms with Gasteiger partial charge in [-0.3, -0.25) is 19.5 Å². The summed E-state index contributed by atoms with van der Waals surface area (Å²) >= 11 is 1.35. The summed E-state index contributed by atoms with van der Waals surface area (Å²) in [6.07, 6.45) is 8.57. The van der Waals surface area contributed by atoms with E-state index < -0.39 is 0 Å². The molecule has 0 atom stereocenters. The number of amides is 1. The highest BCUT2D eigenvalue weighted by atomic mass is 32.1. The van der Waals surface area contributed by atoms with Gasteiger partial charge in [-0.05, 0) is 0 Å². The number of carbonyl (C=O) groups is 1. The van der Waals surface area contributed by atoms with Crippen LogP contribution >= 0.6 is 11.3 Å². The molecule has 4 rings (SSSR count). The van der Waals surface area contributed by atoms with E-state index in [0.717, 1.165) is 15.8 Å². The van der Waals surface area contributed by atoms with E-state index in [-0.39, 0.29) is 5.91 Å². The second-order valence-electron chi connectivity index (χ2n) is 6.22. The summed E-state index contributed by atoms with van der Waals surface area (Å²) in [6.45, 7) is 1.09. The smallest absolute Gasteiger partial charge is 0.260 e. The van der Waals surface area contributed by atoms with Gasteiger partial charge in [0.05, 0.1) is 42.9 Å². The van der Waals surface area contributed by atoms with E-state index in [0.29, 0.717) is 35.2 Å². The first-order valence-corrected chi connectivity index (χ1v) is 9.56. The SMILES string of the molecule is COCCn1cc(C(=O)Nc2nc3c(OC)ncc(-c4cnn(C)c4)c3s2)cn1. The normalized spacial score (nSPS) is 11.1. The number of hydrogen-bond donors (Lipinski definition) is 1. The first-order chi connectivity index (χ1) is 14.1. The van der Waals surface area contributed by atoms with Crippen LogP contribution in [-0.4, -0.2) is 56.3 Å². The molecule has 0 aromatic carbocycles. The number of nitrogens with zero attached hydrogens (tertiary/aromatic N) is 6. The number of ether oxygens (including phenoxy) is 2. The summed E-state index contributed by atoms with van der Waals surface area (Å²) in [6, 6.07) is 0. The van der Waals surface area contributed by atoms with Crippen molar-refractivity contribution in [2.45, 2.75) is 6.54 Å². The van der Waals surface area contributed by atoms with Crippen molar-refractivity contribution >= 4 is 32.6 Å². The quantitative estimate of drug-likeness (QED) is 0.495. The number of anilines is 1. The number of methoxy groups -OCH3 is 2. The highest BCUT2D eigenvalue weighted by molar-refractivity contribution is 7.23. The van der Waals surface area contributed by atoms with Gasteiger partial charge in [0.1, 0.15) is 5.52 Å². The third-order valence-electron chi connectivity index (χ3n) is 4.23. The topological polar surface area (TPSA) is 109 Å². The lowest BCUT2D eigenvalue weighted by atomic mass is 10.1. The Labute approximate surface area is 170 Å². The minimum absolute atomic E-state index is 0.289. The molecule has 0 aliphatic rings. The van der Waals surface area contributed by atoms with Gasteiger partial charge in [-0.15, -0.1) is 0 Å². The Morgan fingerprint density at radius 2 is 2.07 bits per heavy atom. The van der Waals surface area contributed by atoms with Crippen LogP contribution in [0.5, 0.6) is 5.88 Å². The molecule has 10 nitrogen and oxygen atoms in total. The molecule has 150 valence electrons. The standard InChI is InChI=1S/C18H19N7O3S/c1-24-9-11(6-20-24)13-8-19-17(28-3)14-15(13)29-18(22-14)23-16(26)12-7-21-25(10-12)4-5-27-2/h6-10H,4-5H2,1-3H3,(H,22,23,26). The molecule has 0 saturated heterocycles. The minimum Gasteiger partial charge on any atom is -0.479 e. The third kappa shape index (κ3) is 3.82. The molecule has 0 aliphatic carbocycles. The Morgan fingerprint density at radius 1 is 1.21 bits per heavy atom. The zero-order chi connectivity index (χ0) is 20.4. The number of fused-ring (bicyclic) bond motifs is 1. The first kappa shape index (κ1) is 19.0. The molecule has 11 heteroatoms. The number of aryl methyl sites for hydroxylation is 1. The molecule has 1 amide bonds. The maximum Gasteiger partial charge on any atom is 0.260 e. The fourth-order valence-electron chi connectivity index (χ4n) is 2.82. The van der Waals surface area contributed by atoms with Crippen molar-refractivity contribution in [2.24, 2.45) is 7.05 Å². The molecular formula is C18H19N7O3S. The zero-order valence-corrected chi connectivity index (χ0v) is 16.9. The average Bonchev–Trinajstić information content (AvgIpc) is 3.44. The molecule has 0 fully saturated rings. The summed E-state index contributed by atoms with van der Waals surface area (Å²) in [5.74, 6) is 0.111. The van der Waals surface area contributed by atoms with Crippen molar-refractivity contribution in [3.63, 3.8) is 0 Å². The molecule has 0 bridgehead atoms. The number of hydrogen-bond acceptors (Lipinski definition) is 8. The van der Waals surface area contributed by atoms with E-state index in [2.05, 4.69) is 25.5 Å². The second kappa shape index (κ2) is 7.97. The number of nitrogens with one attached hydrogen (secondary N) is 1. The van der Waals surface area contributed by atoms with Gasteiger partial charge in [0, 0.05) is 43.9 Å². The number of thiazole rings is 1. The van der Waals surface area contributed by atoms with E-state index in [9.17, 15) is 4.79 Å². The number of pyridine rings is 1. The first-order valence-electron chi connectivity index (χ1n) is 8.74. The van der Waals surface area contributed by atoms with Gasteiger partial charge in [0.2, 0.25) is 5.88 Å². The molecule has 0 radical (unpaired) electrons. The van der Waals surface area contributed by atoms with Crippen molar-refractivity contribution in [1.82, 2.24) is 29.5 Å². The zero-order valence-electron chi connectivity index (χ0n) is 16.1. The highest BCUT2D eigenvalue weighted by Crippen LogP contribution is 2.38. The number of aromatic nitrogens is 6. The lowest BCUT2D eigenvalue weighted by Crippen LogP contribution is -2.11. The van der Waals surface area contributed by atoms with E-state index in [1.54, 1.807) is 35.1 Å². The van der Waals surface area contributed by atoms with Crippen LogP contribution in [0.1, 0.15) is 10.4 Å². The van der Waals surface area contributed by atoms with E-state index >= 15 is 0 Å². The summed E-state index contributed by atoms with van der Waals surface area (Å²) < 4.78 is 14.6. The largest absolute Gasteiger partial charge is 0.479 e. The molecule has 4 aromatic heterocycles. The predicted octanol–water partition coefficient (Wildman–Crippen LogP) is 2.20. The Hall–Kier alpha value is -3.31. The van der Waals surface area contributed by atoms with Crippen molar-refractivity contribution in [3.8, 4) is 17.0 Å². The molecule has 0 spiro atoms. The molecule has 4 aromatic rings. The molecule has 0 unspecified atom stereocenters. The number of carbonyl (C=O) groups excluding carboxylic acids is 1. The van der Waals surface area contributed by atoms with Crippen LogP contribution < -0.4 is 10.1 Å². The molecule has 0 aliphatic heterocycles. The lowest BCUT2D eigenvalue weighted by molar-refractivity contribution is 0.102. The van der Waals surface area contributed by atoms with Crippen LogP contribution in [-0.2, 0) is 18.3 Å². The van der Waals surface area contributed by atoms with Crippen LogP contribution in [0.2, 0.25) is 0 Å². The fraction of sp³-hybridized carbons (Fsp3) is 0.278. The van der Waals surface area contributed by atoms with Crippen LogP contribution in [0, 0.1) is 0 Å². The van der Waals surface area contributed by atoms with Crippen molar-refractivity contribution in [1.29, 1.82) is 0 Å². The van der Waals surface area contributed by atoms with Crippen LogP contribution in [0.25, 0.3) is 21.3 Å². The lowest BCUT2D eigenvalue weighted by Gasteiger charge is -2.02. The van der Waals surface area contributed by atoms with Gasteiger partial charge < -0.3 is 9.47 Å². The van der Waals surface area contributed by atoms with Crippen LogP contribution in [0.4, 0.5) is 5.13 Å². The monoisotopic (exact) mass is 413 g/mol. The van der Waals surface area contributed by atoms with E-state index in [4.69, 9.17) is 9.47 Å². The Balaban J connectivity index is 1.64. The summed E-state index contributed by atoms with van der Waals surface area (Å²) in [5, 5.41) is 11.7. The molecule has 29 heavy (non-hydrogen) atoms. The Bertz CT molecular complexity index is 1160. The summed E-state index contributed by atoms with van der Waals surface area (Å²) in [7, 11) is 5.01. The maximum atomic E-state index is 12.6. The van der Waals surface area contributed by atoms with Gasteiger partial charge in [-0.25, -0.2) is 9.97 Å². The molecular weight excluding hydrogens is 394 g/mol. The van der Waals surface area contributed by atoms with Gasteiger partial charge in [-0.2, -0.15) is 10.2 Å². The fourth-order valence-corrected chi connectivity index (χ4v) is 3.80. The number of rotatable bonds is 7. The predicted molar refractivity (Wildman–Crippen MR) is 108 cm³/mol. The average molecular weight is 413 g/mol. The van der Waals surface area contributed by atoms with Gasteiger partial charge in [-0.1, -0.05) is 11.3 Å². The van der Waals surface area contributed by atoms with Crippen LogP contribution in [0.3, 0.4) is 0 Å². The van der Waals surface area contributed by atoms with Gasteiger partial charge in [0.15, 0.2) is 5.13 Å². The van der Waals surface area contributed by atoms with Crippen LogP contribution in [0.15, 0.2) is 31.0 Å². The van der Waals surface area contributed by atoms with Gasteiger partial charge >= 0.3 is 0 Å². The summed E-state index contributed by atoms with van der Waals surface area (Å²) in [5.41, 5.74) is 2.82. The molecule has 1 N–H and O–H groups in total. The summed E-state index contributed by atoms with van der Waals surface area (Å²) in [4.78, 5) is 21.5. The molecule has 0 saturated carbocycles.